The zero-order valence-electron chi connectivity index (χ0n) is 23.0. The molecule has 0 aliphatic carbocycles. The van der Waals surface area contributed by atoms with Crippen LogP contribution in [-0.4, -0.2) is 85.4 Å². The number of ether oxygens (including phenoxy) is 1. The van der Waals surface area contributed by atoms with E-state index in [1.165, 1.54) is 26.0 Å². The van der Waals surface area contributed by atoms with E-state index in [2.05, 4.69) is 19.9 Å². The molecule has 1 aliphatic heterocycles. The Kier molecular flexibility index (Phi) is 9.54. The van der Waals surface area contributed by atoms with Crippen LogP contribution in [0.4, 0.5) is 29.1 Å². The third-order valence-electron chi connectivity index (χ3n) is 6.98. The van der Waals surface area contributed by atoms with Gasteiger partial charge in [-0.3, -0.25) is 14.1 Å². The molecule has 4 aromatic rings. The van der Waals surface area contributed by atoms with Crippen molar-refractivity contribution in [2.45, 2.75) is 37.5 Å². The van der Waals surface area contributed by atoms with Gasteiger partial charge in [0.15, 0.2) is 23.0 Å². The smallest absolute Gasteiger partial charge is 0.394 e. The first-order valence-corrected chi connectivity index (χ1v) is 14.1. The maximum atomic E-state index is 14.9. The zero-order valence-corrected chi connectivity index (χ0v) is 23.8. The average Bonchev–Trinajstić information content (AvgIpc) is 3.36. The van der Waals surface area contributed by atoms with Crippen LogP contribution in [-0.2, 0) is 16.9 Å². The first kappa shape index (κ1) is 32.7. The van der Waals surface area contributed by atoms with E-state index >= 15 is 0 Å². The van der Waals surface area contributed by atoms with Crippen LogP contribution >= 0.6 is 0 Å². The van der Waals surface area contributed by atoms with Gasteiger partial charge >= 0.3 is 10.4 Å². The number of aromatic nitrogens is 5. The number of benzene rings is 1. The molecule has 5 rings (SSSR count). The van der Waals surface area contributed by atoms with Crippen molar-refractivity contribution >= 4 is 33.1 Å². The van der Waals surface area contributed by atoms with Gasteiger partial charge < -0.3 is 30.8 Å². The summed E-state index contributed by atoms with van der Waals surface area (Å²) in [5.41, 5.74) is 12.6. The summed E-state index contributed by atoms with van der Waals surface area (Å²) in [4.78, 5) is 18.6. The van der Waals surface area contributed by atoms with Crippen molar-refractivity contribution in [2.75, 3.05) is 30.8 Å². The number of pyridine rings is 1. The number of rotatable bonds is 7. The molecule has 2 atom stereocenters. The topological polar surface area (TPSA) is 216 Å². The number of hydrogen-bond donors (Lipinski definition) is 5. The van der Waals surface area contributed by atoms with Crippen molar-refractivity contribution in [2.24, 2.45) is 5.73 Å². The number of methoxy groups -OCH3 is 1. The van der Waals surface area contributed by atoms with Gasteiger partial charge in [0.05, 0.1) is 43.1 Å². The van der Waals surface area contributed by atoms with Crippen LogP contribution in [0.3, 0.4) is 0 Å². The van der Waals surface area contributed by atoms with E-state index in [9.17, 15) is 22.7 Å². The van der Waals surface area contributed by atoms with Gasteiger partial charge in [-0.15, -0.1) is 0 Å². The van der Waals surface area contributed by atoms with Crippen LogP contribution in [0.5, 0.6) is 5.75 Å². The number of fused-ring (bicyclic) bond motifs is 1. The monoisotopic (exact) mass is 644 g/mol. The standard InChI is InChI=1S/C25H26F4N8O2.H2O4S/c1-39-19-7-15(26)14(6-16(19)27)17-5-13(9-37-12-35-20-23(30)33-11-34-24(20)37)18(8-32-17)36-4-2-3-25(31,10-36)21(38)22(28)29;1-5(2,3)4/h5-8,11-12,21-22,38H,2-4,9-10,31H2,1H3,(H2,30,33,34);(H2,1,2,3,4)/t21-,25-;/m1./s1. The van der Waals surface area contributed by atoms with E-state index in [-0.39, 0.29) is 42.3 Å². The number of nitrogens with zero attached hydrogens (tertiary/aromatic N) is 6. The van der Waals surface area contributed by atoms with Crippen molar-refractivity contribution in [1.82, 2.24) is 24.5 Å². The minimum absolute atomic E-state index is 0.0716. The Morgan fingerprint density at radius 1 is 1.11 bits per heavy atom. The molecule has 44 heavy (non-hydrogen) atoms. The van der Waals surface area contributed by atoms with Gasteiger partial charge in [0.2, 0.25) is 0 Å². The maximum absolute atomic E-state index is 14.9. The van der Waals surface area contributed by atoms with Crippen molar-refractivity contribution < 1.29 is 44.9 Å². The molecular formula is C25H28F4N8O6S. The van der Waals surface area contributed by atoms with Gasteiger partial charge in [-0.1, -0.05) is 0 Å². The van der Waals surface area contributed by atoms with Crippen molar-refractivity contribution in [3.05, 3.63) is 54.2 Å². The van der Waals surface area contributed by atoms with E-state index in [1.54, 1.807) is 15.5 Å². The fourth-order valence-corrected chi connectivity index (χ4v) is 4.94. The molecule has 1 aromatic carbocycles. The van der Waals surface area contributed by atoms with Crippen LogP contribution in [0, 0.1) is 11.6 Å². The van der Waals surface area contributed by atoms with Crippen LogP contribution in [0.25, 0.3) is 22.4 Å². The summed E-state index contributed by atoms with van der Waals surface area (Å²) >= 11 is 0. The maximum Gasteiger partial charge on any atom is 0.394 e. The highest BCUT2D eigenvalue weighted by Gasteiger charge is 2.43. The highest BCUT2D eigenvalue weighted by Crippen LogP contribution is 2.34. The molecule has 0 bridgehead atoms. The molecule has 238 valence electrons. The van der Waals surface area contributed by atoms with Crippen LogP contribution in [0.15, 0.2) is 37.1 Å². The van der Waals surface area contributed by atoms with Gasteiger partial charge in [-0.05, 0) is 30.5 Å². The molecule has 7 N–H and O–H groups in total. The number of nitrogen functional groups attached to an aromatic ring is 1. The first-order valence-electron chi connectivity index (χ1n) is 12.7. The second-order valence-corrected chi connectivity index (χ2v) is 10.8. The van der Waals surface area contributed by atoms with Crippen LogP contribution in [0.2, 0.25) is 0 Å². The number of aliphatic hydroxyl groups excluding tert-OH is 1. The molecule has 3 aromatic heterocycles. The average molecular weight is 645 g/mol. The molecule has 0 unspecified atom stereocenters. The normalized spacial score (nSPS) is 17.8. The second kappa shape index (κ2) is 12.8. The molecular weight excluding hydrogens is 616 g/mol. The van der Waals surface area contributed by atoms with E-state index < -0.39 is 40.1 Å². The lowest BCUT2D eigenvalue weighted by Crippen LogP contribution is -2.63. The number of halogens is 4. The van der Waals surface area contributed by atoms with Crippen molar-refractivity contribution in [3.63, 3.8) is 0 Å². The number of nitrogens with two attached hydrogens (primary N) is 2. The zero-order chi connectivity index (χ0) is 32.4. The number of imidazole rings is 1. The minimum Gasteiger partial charge on any atom is -0.494 e. The fourth-order valence-electron chi connectivity index (χ4n) is 4.94. The summed E-state index contributed by atoms with van der Waals surface area (Å²) in [6.45, 7) is 0.523. The summed E-state index contributed by atoms with van der Waals surface area (Å²) in [5, 5.41) is 10.1. The van der Waals surface area contributed by atoms with Gasteiger partial charge in [0.1, 0.15) is 23.8 Å². The fraction of sp³-hybridized carbons (Fsp3) is 0.360. The largest absolute Gasteiger partial charge is 0.494 e. The predicted molar refractivity (Wildman–Crippen MR) is 150 cm³/mol. The molecule has 1 aliphatic rings. The van der Waals surface area contributed by atoms with Gasteiger partial charge in [0.25, 0.3) is 6.43 Å². The Morgan fingerprint density at radius 3 is 2.48 bits per heavy atom. The van der Waals surface area contributed by atoms with E-state index in [0.29, 0.717) is 35.4 Å². The number of aliphatic hydroxyl groups is 1. The van der Waals surface area contributed by atoms with E-state index in [0.717, 1.165) is 12.1 Å². The van der Waals surface area contributed by atoms with E-state index in [1.807, 2.05) is 0 Å². The van der Waals surface area contributed by atoms with E-state index in [4.69, 9.17) is 33.7 Å². The molecule has 0 radical (unpaired) electrons. The quantitative estimate of drug-likeness (QED) is 0.144. The Bertz CT molecular complexity index is 1750. The Hall–Kier alpha value is -4.17. The number of piperidine rings is 1. The summed E-state index contributed by atoms with van der Waals surface area (Å²) in [5.74, 6) is -1.57. The van der Waals surface area contributed by atoms with Crippen LogP contribution in [0.1, 0.15) is 18.4 Å². The minimum atomic E-state index is -4.67. The molecule has 19 heteroatoms. The molecule has 4 heterocycles. The Balaban J connectivity index is 0.000000818. The second-order valence-electron chi connectivity index (χ2n) is 9.95. The Morgan fingerprint density at radius 2 is 1.82 bits per heavy atom. The SMILES string of the molecule is COc1cc(F)c(-c2cc(Cn3cnc4c(N)ncnc43)c(N3CCC[C@](N)([C@H](O)C(F)F)C3)cn2)cc1F.O=S(=O)(O)O. The van der Waals surface area contributed by atoms with Gasteiger partial charge in [-0.25, -0.2) is 32.5 Å². The third kappa shape index (κ3) is 7.30. The molecule has 1 saturated heterocycles. The number of alkyl halides is 2. The lowest BCUT2D eigenvalue weighted by molar-refractivity contribution is -0.0529. The summed E-state index contributed by atoms with van der Waals surface area (Å²) in [7, 11) is -3.44. The molecule has 14 nitrogen and oxygen atoms in total. The summed E-state index contributed by atoms with van der Waals surface area (Å²) in [6.07, 6.45) is -0.128. The Labute approximate surface area is 247 Å². The predicted octanol–water partition coefficient (Wildman–Crippen LogP) is 2.08. The molecule has 0 saturated carbocycles. The highest BCUT2D eigenvalue weighted by atomic mass is 32.3. The van der Waals surface area contributed by atoms with Crippen LogP contribution < -0.4 is 21.1 Å². The molecule has 0 amide bonds. The first-order chi connectivity index (χ1) is 20.6. The van der Waals surface area contributed by atoms with Gasteiger partial charge in [-0.2, -0.15) is 8.42 Å². The summed E-state index contributed by atoms with van der Waals surface area (Å²) in [6, 6.07) is 3.50. The molecule has 1 fully saturated rings. The number of hydrogen-bond acceptors (Lipinski definition) is 11. The van der Waals surface area contributed by atoms with Gasteiger partial charge in [0, 0.05) is 24.7 Å². The molecule has 0 spiro atoms. The lowest BCUT2D eigenvalue weighted by Gasteiger charge is -2.44. The third-order valence-corrected chi connectivity index (χ3v) is 6.98. The van der Waals surface area contributed by atoms with Crippen molar-refractivity contribution in [1.29, 1.82) is 0 Å². The lowest BCUT2D eigenvalue weighted by atomic mass is 9.84. The number of anilines is 2. The highest BCUT2D eigenvalue weighted by molar-refractivity contribution is 7.79. The summed E-state index contributed by atoms with van der Waals surface area (Å²) < 4.78 is 94.3. The van der Waals surface area contributed by atoms with Crippen molar-refractivity contribution in [3.8, 4) is 17.0 Å².